The molecule has 72 valence electrons. The first-order chi connectivity index (χ1) is 4.00. The summed E-state index contributed by atoms with van der Waals surface area (Å²) < 4.78 is 0. The summed E-state index contributed by atoms with van der Waals surface area (Å²) in [6.07, 6.45) is 0. The molecule has 0 aliphatic heterocycles. The molecule has 0 unspecified atom stereocenters. The molecule has 8 nitrogen and oxygen atoms in total. The summed E-state index contributed by atoms with van der Waals surface area (Å²) >= 11 is 0. The largest absolute Gasteiger partial charge is 2.00 e. The van der Waals surface area contributed by atoms with Crippen molar-refractivity contribution in [3.05, 3.63) is 0 Å². The van der Waals surface area contributed by atoms with E-state index in [1.165, 1.54) is 0 Å². The zero-order valence-electron chi connectivity index (χ0n) is 5.84. The average Bonchev–Trinajstić information content (AvgIpc) is 1.12. The molecule has 0 aliphatic carbocycles. The third-order valence-corrected chi connectivity index (χ3v) is 0. The zero-order chi connectivity index (χ0) is 9.00. The second-order valence-corrected chi connectivity index (χ2v) is 3.30. The van der Waals surface area contributed by atoms with Crippen LogP contribution >= 0.6 is 0 Å². The average molecular weight is 398 g/mol. The van der Waals surface area contributed by atoms with Crippen molar-refractivity contribution in [1.82, 2.24) is 0 Å². The van der Waals surface area contributed by atoms with Crippen LogP contribution in [0.3, 0.4) is 0 Å². The van der Waals surface area contributed by atoms with Crippen molar-refractivity contribution in [3.8, 4) is 0 Å². The normalized spacial score (nSPS) is 9.23. The monoisotopic (exact) mass is 398 g/mol. The molecular formula is H8BaCaO8Si3. The summed E-state index contributed by atoms with van der Waals surface area (Å²) in [5.74, 6) is 0. The molecule has 0 saturated heterocycles. The Labute approximate surface area is 151 Å². The molecule has 13 heavy (non-hydrogen) atoms. The van der Waals surface area contributed by atoms with Gasteiger partial charge in [-0.05, 0) is 11.0 Å². The van der Waals surface area contributed by atoms with E-state index in [1.807, 2.05) is 0 Å². The maximum atomic E-state index is 8.58. The van der Waals surface area contributed by atoms with Gasteiger partial charge in [-0.25, -0.2) is 0 Å². The van der Waals surface area contributed by atoms with Gasteiger partial charge in [0, 0.05) is 0 Å². The SMILES string of the molecule is O[Si](O)(O)O.[Ba+2].[Ca+2].[O-][Si]([O-])([O-])[O-].[SiH4]. The second-order valence-electron chi connectivity index (χ2n) is 1.10. The second kappa shape index (κ2) is 13.2. The molecule has 0 radical (unpaired) electrons. The third kappa shape index (κ3) is 263. The van der Waals surface area contributed by atoms with Gasteiger partial charge >= 0.3 is 95.7 Å². The summed E-state index contributed by atoms with van der Waals surface area (Å²) in [7, 11) is -10.2. The van der Waals surface area contributed by atoms with Crippen LogP contribution in [-0.4, -0.2) is 135 Å². The van der Waals surface area contributed by atoms with E-state index in [2.05, 4.69) is 0 Å². The Morgan fingerprint density at radius 3 is 0.769 bits per heavy atom. The van der Waals surface area contributed by atoms with Gasteiger partial charge in [0.15, 0.2) is 0 Å². The number of rotatable bonds is 0. The van der Waals surface area contributed by atoms with Crippen molar-refractivity contribution in [2.24, 2.45) is 0 Å². The van der Waals surface area contributed by atoms with Crippen LogP contribution in [0.1, 0.15) is 0 Å². The van der Waals surface area contributed by atoms with E-state index in [0.717, 1.165) is 0 Å². The zero-order valence-corrected chi connectivity index (χ0v) is 14.5. The predicted molar refractivity (Wildman–Crippen MR) is 43.2 cm³/mol. The Kier molecular flexibility index (Phi) is 30.3. The molecule has 0 spiro atoms. The number of hydrogen-bond donors (Lipinski definition) is 4. The molecule has 0 heterocycles. The summed E-state index contributed by atoms with van der Waals surface area (Å²) in [4.78, 5) is 63.6. The fourth-order valence-electron chi connectivity index (χ4n) is 0. The Bertz CT molecular complexity index is 62.4. The first kappa shape index (κ1) is 29.8. The fraction of sp³-hybridized carbons (Fsp3) is 0. The predicted octanol–water partition coefficient (Wildman–Crippen LogP) is -9.96. The maximum Gasteiger partial charge on any atom is 2.00 e. The minimum atomic E-state index is -5.61. The van der Waals surface area contributed by atoms with Crippen LogP contribution in [0.15, 0.2) is 0 Å². The van der Waals surface area contributed by atoms with Crippen molar-refractivity contribution >= 4 is 116 Å². The molecule has 0 saturated carbocycles. The van der Waals surface area contributed by atoms with E-state index in [4.69, 9.17) is 38.4 Å². The van der Waals surface area contributed by atoms with Gasteiger partial charge < -0.3 is 47.4 Å². The van der Waals surface area contributed by atoms with Crippen LogP contribution in [-0.2, 0) is 0 Å². The molecule has 0 bridgehead atoms. The van der Waals surface area contributed by atoms with Crippen LogP contribution in [0, 0.1) is 0 Å². The smallest absolute Gasteiger partial charge is 0.894 e. The molecule has 0 aromatic carbocycles. The first-order valence-corrected chi connectivity index (χ1v) is 5.13. The van der Waals surface area contributed by atoms with E-state index in [1.54, 1.807) is 0 Å². The summed E-state index contributed by atoms with van der Waals surface area (Å²) in [5.41, 5.74) is 0. The van der Waals surface area contributed by atoms with Crippen LogP contribution in [0.5, 0.6) is 0 Å². The molecular weight excluding hydrogens is 390 g/mol. The van der Waals surface area contributed by atoms with Gasteiger partial charge in [-0.1, -0.05) is 0 Å². The van der Waals surface area contributed by atoms with Crippen LogP contribution in [0.2, 0.25) is 0 Å². The molecule has 0 aliphatic rings. The molecule has 0 aromatic heterocycles. The van der Waals surface area contributed by atoms with E-state index in [-0.39, 0.29) is 97.6 Å². The summed E-state index contributed by atoms with van der Waals surface area (Å²) in [5, 5.41) is 0. The van der Waals surface area contributed by atoms with Crippen LogP contribution < -0.4 is 19.2 Å². The van der Waals surface area contributed by atoms with Crippen molar-refractivity contribution in [3.63, 3.8) is 0 Å². The van der Waals surface area contributed by atoms with Gasteiger partial charge in [-0.15, -0.1) is 0 Å². The summed E-state index contributed by atoms with van der Waals surface area (Å²) in [6, 6.07) is 0. The van der Waals surface area contributed by atoms with Gasteiger partial charge in [0.1, 0.15) is 0 Å². The first-order valence-electron chi connectivity index (χ1n) is 1.71. The molecule has 0 rings (SSSR count). The molecule has 0 amide bonds. The third-order valence-electron chi connectivity index (χ3n) is 0. The summed E-state index contributed by atoms with van der Waals surface area (Å²) in [6.45, 7) is 0. The minimum Gasteiger partial charge on any atom is -0.894 e. The Balaban J connectivity index is -0.0000000267. The van der Waals surface area contributed by atoms with Crippen LogP contribution in [0.25, 0.3) is 0 Å². The van der Waals surface area contributed by atoms with E-state index < -0.39 is 18.1 Å². The fourth-order valence-corrected chi connectivity index (χ4v) is 0. The van der Waals surface area contributed by atoms with Crippen molar-refractivity contribution in [2.75, 3.05) is 0 Å². The van der Waals surface area contributed by atoms with Gasteiger partial charge in [0.25, 0.3) is 0 Å². The van der Waals surface area contributed by atoms with Crippen molar-refractivity contribution < 1.29 is 38.4 Å². The topological polar surface area (TPSA) is 173 Å². The molecule has 4 N–H and O–H groups in total. The van der Waals surface area contributed by atoms with Crippen LogP contribution in [0.4, 0.5) is 0 Å². The van der Waals surface area contributed by atoms with E-state index in [0.29, 0.717) is 0 Å². The van der Waals surface area contributed by atoms with Gasteiger partial charge in [0.2, 0.25) is 0 Å². The molecule has 13 heteroatoms. The van der Waals surface area contributed by atoms with Gasteiger partial charge in [0.05, 0.1) is 0 Å². The Morgan fingerprint density at radius 2 is 0.769 bits per heavy atom. The molecule has 0 atom stereocenters. The van der Waals surface area contributed by atoms with E-state index >= 15 is 0 Å². The Hall–Kier alpha value is 3.16. The quantitative estimate of drug-likeness (QED) is 0.291. The molecule has 0 aromatic rings. The Morgan fingerprint density at radius 1 is 0.769 bits per heavy atom. The van der Waals surface area contributed by atoms with Gasteiger partial charge in [-0.3, -0.25) is 0 Å². The van der Waals surface area contributed by atoms with Crippen molar-refractivity contribution in [2.45, 2.75) is 0 Å². The number of hydrogen-bond acceptors (Lipinski definition) is 8. The van der Waals surface area contributed by atoms with E-state index in [9.17, 15) is 0 Å². The minimum absolute atomic E-state index is 0. The maximum absolute atomic E-state index is 8.58. The molecule has 0 fully saturated rings. The standard InChI is InChI=1S/Ba.Ca.H4O4Si.O4Si.H4Si/c;;2*1-5(2,3)4;/h;;1-4H;;1H4/q2*+2;;-4;. The van der Waals surface area contributed by atoms with Gasteiger partial charge in [-0.2, -0.15) is 0 Å². The van der Waals surface area contributed by atoms with Crippen molar-refractivity contribution in [1.29, 1.82) is 0 Å².